The zero-order chi connectivity index (χ0) is 18.2. The molecule has 0 unspecified atom stereocenters. The summed E-state index contributed by atoms with van der Waals surface area (Å²) in [7, 11) is 1.57. The molecular formula is C20H24N2O3. The summed E-state index contributed by atoms with van der Waals surface area (Å²) in [5.41, 5.74) is 1.54. The summed E-state index contributed by atoms with van der Waals surface area (Å²) in [6, 6.07) is 13.8. The molecule has 2 amide bonds. The van der Waals surface area contributed by atoms with Gasteiger partial charge in [-0.1, -0.05) is 26.0 Å². The van der Waals surface area contributed by atoms with Crippen LogP contribution in [0.25, 0.3) is 0 Å². The van der Waals surface area contributed by atoms with Crippen molar-refractivity contribution < 1.29 is 14.3 Å². The van der Waals surface area contributed by atoms with E-state index < -0.39 is 0 Å². The lowest BCUT2D eigenvalue weighted by molar-refractivity contribution is 0.0952. The maximum absolute atomic E-state index is 12.4. The van der Waals surface area contributed by atoms with Gasteiger partial charge >= 0.3 is 0 Å². The first-order chi connectivity index (χ1) is 12.0. The number of hydrogen-bond acceptors (Lipinski definition) is 3. The van der Waals surface area contributed by atoms with E-state index >= 15 is 0 Å². The second-order valence-electron chi connectivity index (χ2n) is 6.21. The second kappa shape index (κ2) is 8.87. The number of amides is 2. The van der Waals surface area contributed by atoms with Crippen molar-refractivity contribution in [2.24, 2.45) is 5.92 Å². The van der Waals surface area contributed by atoms with Crippen LogP contribution in [-0.4, -0.2) is 25.5 Å². The number of rotatable bonds is 7. The zero-order valence-electron chi connectivity index (χ0n) is 14.8. The van der Waals surface area contributed by atoms with Crippen LogP contribution in [0.15, 0.2) is 48.5 Å². The Hall–Kier alpha value is -2.82. The summed E-state index contributed by atoms with van der Waals surface area (Å²) >= 11 is 0. The zero-order valence-corrected chi connectivity index (χ0v) is 14.8. The molecule has 0 bridgehead atoms. The van der Waals surface area contributed by atoms with Gasteiger partial charge in [-0.2, -0.15) is 0 Å². The van der Waals surface area contributed by atoms with Crippen LogP contribution in [0.5, 0.6) is 5.75 Å². The maximum atomic E-state index is 12.4. The molecule has 0 aliphatic heterocycles. The molecule has 0 aromatic heterocycles. The molecule has 0 heterocycles. The summed E-state index contributed by atoms with van der Waals surface area (Å²) in [4.78, 5) is 24.6. The van der Waals surface area contributed by atoms with Crippen LogP contribution in [0.4, 0.5) is 5.69 Å². The summed E-state index contributed by atoms with van der Waals surface area (Å²) < 4.78 is 5.14. The highest BCUT2D eigenvalue weighted by atomic mass is 16.5. The van der Waals surface area contributed by atoms with Gasteiger partial charge in [0.2, 0.25) is 0 Å². The van der Waals surface area contributed by atoms with E-state index in [0.717, 1.165) is 6.42 Å². The number of methoxy groups -OCH3 is 1. The summed E-state index contributed by atoms with van der Waals surface area (Å²) in [5, 5.41) is 5.68. The van der Waals surface area contributed by atoms with Crippen LogP contribution in [0.3, 0.4) is 0 Å². The minimum Gasteiger partial charge on any atom is -0.497 e. The summed E-state index contributed by atoms with van der Waals surface area (Å²) in [6.07, 6.45) is 0.918. The Balaban J connectivity index is 2.04. The lowest BCUT2D eigenvalue weighted by Gasteiger charge is -2.09. The van der Waals surface area contributed by atoms with Crippen LogP contribution in [-0.2, 0) is 0 Å². The van der Waals surface area contributed by atoms with Crippen molar-refractivity contribution >= 4 is 17.5 Å². The maximum Gasteiger partial charge on any atom is 0.255 e. The molecule has 0 spiro atoms. The van der Waals surface area contributed by atoms with Gasteiger partial charge in [0, 0.05) is 29.4 Å². The molecular weight excluding hydrogens is 316 g/mol. The Bertz CT molecular complexity index is 741. The molecule has 0 radical (unpaired) electrons. The fourth-order valence-corrected chi connectivity index (χ4v) is 2.28. The van der Waals surface area contributed by atoms with Crippen LogP contribution in [0.2, 0.25) is 0 Å². The number of ether oxygens (including phenoxy) is 1. The van der Waals surface area contributed by atoms with Crippen molar-refractivity contribution in [2.45, 2.75) is 20.3 Å². The first-order valence-corrected chi connectivity index (χ1v) is 8.33. The van der Waals surface area contributed by atoms with E-state index in [2.05, 4.69) is 24.5 Å². The number of carbonyl (C=O) groups excluding carboxylic acids is 2. The molecule has 0 saturated heterocycles. The van der Waals surface area contributed by atoms with Crippen molar-refractivity contribution in [1.82, 2.24) is 5.32 Å². The highest BCUT2D eigenvalue weighted by Crippen LogP contribution is 2.17. The largest absolute Gasteiger partial charge is 0.497 e. The predicted octanol–water partition coefficient (Wildman–Crippen LogP) is 3.72. The SMILES string of the molecule is COc1cccc(NC(=O)c2cccc(C(=O)NCCC(C)C)c2)c1. The Morgan fingerprint density at radius 1 is 1.00 bits per heavy atom. The van der Waals surface area contributed by atoms with Gasteiger partial charge in [-0.3, -0.25) is 9.59 Å². The molecule has 0 atom stereocenters. The van der Waals surface area contributed by atoms with E-state index in [9.17, 15) is 9.59 Å². The van der Waals surface area contributed by atoms with Crippen LogP contribution >= 0.6 is 0 Å². The molecule has 132 valence electrons. The number of nitrogens with one attached hydrogen (secondary N) is 2. The fourth-order valence-electron chi connectivity index (χ4n) is 2.28. The van der Waals surface area contributed by atoms with E-state index in [1.165, 1.54) is 0 Å². The van der Waals surface area contributed by atoms with Gasteiger partial charge in [0.05, 0.1) is 7.11 Å². The topological polar surface area (TPSA) is 67.4 Å². The first-order valence-electron chi connectivity index (χ1n) is 8.33. The van der Waals surface area contributed by atoms with Gasteiger partial charge in [-0.25, -0.2) is 0 Å². The van der Waals surface area contributed by atoms with Crippen LogP contribution < -0.4 is 15.4 Å². The number of hydrogen-bond donors (Lipinski definition) is 2. The molecule has 5 nitrogen and oxygen atoms in total. The molecule has 0 fully saturated rings. The highest BCUT2D eigenvalue weighted by Gasteiger charge is 2.11. The van der Waals surface area contributed by atoms with Crippen molar-refractivity contribution in [3.05, 3.63) is 59.7 Å². The highest BCUT2D eigenvalue weighted by molar-refractivity contribution is 6.06. The third kappa shape index (κ3) is 5.64. The van der Waals surface area contributed by atoms with E-state index in [0.29, 0.717) is 35.0 Å². The third-order valence-electron chi connectivity index (χ3n) is 3.72. The average Bonchev–Trinajstić information content (AvgIpc) is 2.61. The quantitative estimate of drug-likeness (QED) is 0.807. The lowest BCUT2D eigenvalue weighted by atomic mass is 10.1. The smallest absolute Gasteiger partial charge is 0.255 e. The van der Waals surface area contributed by atoms with Gasteiger partial charge in [-0.15, -0.1) is 0 Å². The Labute approximate surface area is 148 Å². The second-order valence-corrected chi connectivity index (χ2v) is 6.21. The van der Waals surface area contributed by atoms with Crippen molar-refractivity contribution in [3.8, 4) is 5.75 Å². The molecule has 0 aliphatic carbocycles. The number of benzene rings is 2. The lowest BCUT2D eigenvalue weighted by Crippen LogP contribution is -2.25. The summed E-state index contributed by atoms with van der Waals surface area (Å²) in [6.45, 7) is 4.84. The third-order valence-corrected chi connectivity index (χ3v) is 3.72. The predicted molar refractivity (Wildman–Crippen MR) is 99.2 cm³/mol. The van der Waals surface area contributed by atoms with Gasteiger partial charge < -0.3 is 15.4 Å². The monoisotopic (exact) mass is 340 g/mol. The van der Waals surface area contributed by atoms with Crippen molar-refractivity contribution in [2.75, 3.05) is 19.0 Å². The Morgan fingerprint density at radius 2 is 1.68 bits per heavy atom. The minimum atomic E-state index is -0.273. The van der Waals surface area contributed by atoms with Crippen molar-refractivity contribution in [1.29, 1.82) is 0 Å². The molecule has 2 N–H and O–H groups in total. The fraction of sp³-hybridized carbons (Fsp3) is 0.300. The molecule has 2 aromatic carbocycles. The number of carbonyl (C=O) groups is 2. The standard InChI is InChI=1S/C20H24N2O3/c1-14(2)10-11-21-19(23)15-6-4-7-16(12-15)20(24)22-17-8-5-9-18(13-17)25-3/h4-9,12-14H,10-11H2,1-3H3,(H,21,23)(H,22,24). The van der Waals surface area contributed by atoms with Gasteiger partial charge in [0.15, 0.2) is 0 Å². The molecule has 25 heavy (non-hydrogen) atoms. The molecule has 0 saturated carbocycles. The molecule has 0 aliphatic rings. The normalized spacial score (nSPS) is 10.4. The molecule has 2 rings (SSSR count). The van der Waals surface area contributed by atoms with Crippen molar-refractivity contribution in [3.63, 3.8) is 0 Å². The van der Waals surface area contributed by atoms with Gasteiger partial charge in [-0.05, 0) is 42.7 Å². The van der Waals surface area contributed by atoms with Crippen LogP contribution in [0.1, 0.15) is 41.0 Å². The van der Waals surface area contributed by atoms with Gasteiger partial charge in [0.25, 0.3) is 11.8 Å². The average molecular weight is 340 g/mol. The van der Waals surface area contributed by atoms with E-state index in [1.807, 2.05) is 0 Å². The van der Waals surface area contributed by atoms with E-state index in [-0.39, 0.29) is 11.8 Å². The number of anilines is 1. The summed E-state index contributed by atoms with van der Waals surface area (Å²) in [5.74, 6) is 0.748. The van der Waals surface area contributed by atoms with E-state index in [4.69, 9.17) is 4.74 Å². The Morgan fingerprint density at radius 3 is 2.36 bits per heavy atom. The van der Waals surface area contributed by atoms with Crippen LogP contribution in [0, 0.1) is 5.92 Å². The van der Waals surface area contributed by atoms with Gasteiger partial charge in [0.1, 0.15) is 5.75 Å². The molecule has 2 aromatic rings. The first kappa shape index (κ1) is 18.5. The minimum absolute atomic E-state index is 0.170. The Kier molecular flexibility index (Phi) is 6.57. The van der Waals surface area contributed by atoms with E-state index in [1.54, 1.807) is 55.6 Å². The molecule has 5 heteroatoms.